The van der Waals surface area contributed by atoms with Crippen LogP contribution >= 0.6 is 22.6 Å². The highest BCUT2D eigenvalue weighted by molar-refractivity contribution is 14.1. The van der Waals surface area contributed by atoms with E-state index in [9.17, 15) is 19.2 Å². The van der Waals surface area contributed by atoms with Crippen molar-refractivity contribution in [2.75, 3.05) is 0 Å². The van der Waals surface area contributed by atoms with Gasteiger partial charge in [-0.3, -0.25) is 9.59 Å². The van der Waals surface area contributed by atoms with Crippen molar-refractivity contribution in [2.45, 2.75) is 38.8 Å². The SMILES string of the molecule is CC(C)(C)OC(=O)NC(Cc1ccc(I)cc1)C(=O)ON1C(=O)c2ccccc2C1=O. The van der Waals surface area contributed by atoms with E-state index in [4.69, 9.17) is 9.57 Å². The van der Waals surface area contributed by atoms with Gasteiger partial charge in [0.15, 0.2) is 0 Å². The van der Waals surface area contributed by atoms with Crippen LogP contribution < -0.4 is 5.32 Å². The van der Waals surface area contributed by atoms with Crippen molar-refractivity contribution in [2.24, 2.45) is 0 Å². The molecule has 0 bridgehead atoms. The number of rotatable bonds is 5. The summed E-state index contributed by atoms with van der Waals surface area (Å²) in [6, 6.07) is 12.3. The number of carbonyl (C=O) groups is 4. The lowest BCUT2D eigenvalue weighted by atomic mass is 10.1. The highest BCUT2D eigenvalue weighted by atomic mass is 127. The number of ether oxygens (including phenoxy) is 1. The molecule has 9 heteroatoms. The second-order valence-corrected chi connectivity index (χ2v) is 9.14. The van der Waals surface area contributed by atoms with Gasteiger partial charge in [-0.05, 0) is 73.2 Å². The second-order valence-electron chi connectivity index (χ2n) is 7.89. The number of carbonyl (C=O) groups excluding carboxylic acids is 4. The minimum Gasteiger partial charge on any atom is -0.444 e. The molecule has 2 aromatic rings. The van der Waals surface area contributed by atoms with Crippen LogP contribution in [0.4, 0.5) is 4.79 Å². The molecule has 31 heavy (non-hydrogen) atoms. The van der Waals surface area contributed by atoms with Gasteiger partial charge in [-0.15, -0.1) is 0 Å². The van der Waals surface area contributed by atoms with Gasteiger partial charge >= 0.3 is 12.1 Å². The Morgan fingerprint density at radius 3 is 2.06 bits per heavy atom. The maximum Gasteiger partial charge on any atom is 0.408 e. The number of nitrogens with zero attached hydrogens (tertiary/aromatic N) is 1. The van der Waals surface area contributed by atoms with E-state index >= 15 is 0 Å². The van der Waals surface area contributed by atoms with Crippen molar-refractivity contribution in [1.82, 2.24) is 10.4 Å². The highest BCUT2D eigenvalue weighted by Gasteiger charge is 2.40. The van der Waals surface area contributed by atoms with Crippen LogP contribution in [0.3, 0.4) is 0 Å². The van der Waals surface area contributed by atoms with Crippen LogP contribution in [0.15, 0.2) is 48.5 Å². The Hall–Kier alpha value is -2.95. The molecule has 1 N–H and O–H groups in total. The average Bonchev–Trinajstić information content (AvgIpc) is 2.93. The van der Waals surface area contributed by atoms with Gasteiger partial charge in [-0.1, -0.05) is 29.3 Å². The molecule has 0 saturated heterocycles. The van der Waals surface area contributed by atoms with Crippen LogP contribution in [0.5, 0.6) is 0 Å². The van der Waals surface area contributed by atoms with Gasteiger partial charge in [0.25, 0.3) is 11.8 Å². The largest absolute Gasteiger partial charge is 0.444 e. The number of imide groups is 1. The Labute approximate surface area is 193 Å². The minimum absolute atomic E-state index is 0.0815. The fourth-order valence-electron chi connectivity index (χ4n) is 2.90. The lowest BCUT2D eigenvalue weighted by molar-refractivity contribution is -0.171. The van der Waals surface area contributed by atoms with E-state index in [-0.39, 0.29) is 17.5 Å². The molecule has 3 rings (SSSR count). The molecule has 162 valence electrons. The summed E-state index contributed by atoms with van der Waals surface area (Å²) in [6.45, 7) is 5.08. The molecule has 0 spiro atoms. The van der Waals surface area contributed by atoms with Crippen molar-refractivity contribution < 1.29 is 28.8 Å². The van der Waals surface area contributed by atoms with Gasteiger partial charge in [-0.25, -0.2) is 9.59 Å². The molecular formula is C22H21IN2O6. The summed E-state index contributed by atoms with van der Waals surface area (Å²) in [4.78, 5) is 55.2. The Balaban J connectivity index is 1.78. The predicted molar refractivity (Wildman–Crippen MR) is 119 cm³/mol. The number of amides is 3. The van der Waals surface area contributed by atoms with E-state index in [0.29, 0.717) is 5.06 Å². The number of hydrogen-bond donors (Lipinski definition) is 1. The molecule has 8 nitrogen and oxygen atoms in total. The third-order valence-electron chi connectivity index (χ3n) is 4.27. The normalized spacial score (nSPS) is 14.1. The van der Waals surface area contributed by atoms with Crippen LogP contribution in [0.25, 0.3) is 0 Å². The molecule has 1 unspecified atom stereocenters. The molecule has 1 aliphatic heterocycles. The number of nitrogens with one attached hydrogen (secondary N) is 1. The summed E-state index contributed by atoms with van der Waals surface area (Å²) in [5, 5.41) is 2.90. The van der Waals surface area contributed by atoms with E-state index in [1.807, 2.05) is 12.1 Å². The third kappa shape index (κ3) is 5.60. The van der Waals surface area contributed by atoms with Gasteiger partial charge in [-0.2, -0.15) is 0 Å². The monoisotopic (exact) mass is 536 g/mol. The summed E-state index contributed by atoms with van der Waals surface area (Å²) < 4.78 is 6.24. The molecule has 1 heterocycles. The molecule has 1 aliphatic rings. The summed E-state index contributed by atoms with van der Waals surface area (Å²) in [5.74, 6) is -2.43. The number of halogens is 1. The third-order valence-corrected chi connectivity index (χ3v) is 4.99. The zero-order valence-electron chi connectivity index (χ0n) is 17.2. The fourth-order valence-corrected chi connectivity index (χ4v) is 3.26. The van der Waals surface area contributed by atoms with Crippen LogP contribution in [0.2, 0.25) is 0 Å². The van der Waals surface area contributed by atoms with E-state index in [1.165, 1.54) is 12.1 Å². The Morgan fingerprint density at radius 1 is 1.00 bits per heavy atom. The summed E-state index contributed by atoms with van der Waals surface area (Å²) in [7, 11) is 0. The molecular weight excluding hydrogens is 515 g/mol. The van der Waals surface area contributed by atoms with Crippen molar-refractivity contribution in [3.05, 3.63) is 68.8 Å². The molecule has 1 atom stereocenters. The summed E-state index contributed by atoms with van der Waals surface area (Å²) in [6.07, 6.45) is -0.736. The molecule has 3 amide bonds. The van der Waals surface area contributed by atoms with Crippen LogP contribution in [0, 0.1) is 3.57 Å². The number of benzene rings is 2. The molecule has 0 saturated carbocycles. The highest BCUT2D eigenvalue weighted by Crippen LogP contribution is 2.23. The van der Waals surface area contributed by atoms with Gasteiger partial charge in [0.2, 0.25) is 0 Å². The minimum atomic E-state index is -1.18. The first-order valence-corrected chi connectivity index (χ1v) is 10.6. The topological polar surface area (TPSA) is 102 Å². The second kappa shape index (κ2) is 9.04. The standard InChI is InChI=1S/C22H21IN2O6/c1-22(2,3)30-21(29)24-17(12-13-8-10-14(23)11-9-13)20(28)31-25-18(26)15-6-4-5-7-16(15)19(25)27/h4-11,17H,12H2,1-3H3,(H,24,29). The van der Waals surface area contributed by atoms with Gasteiger partial charge in [0, 0.05) is 9.99 Å². The number of hydroxylamine groups is 2. The van der Waals surface area contributed by atoms with Gasteiger partial charge < -0.3 is 14.9 Å². The molecule has 0 aromatic heterocycles. The van der Waals surface area contributed by atoms with Gasteiger partial charge in [0.05, 0.1) is 11.1 Å². The lowest BCUT2D eigenvalue weighted by Crippen LogP contribution is -2.48. The van der Waals surface area contributed by atoms with Crippen molar-refractivity contribution in [3.63, 3.8) is 0 Å². The number of hydrogen-bond acceptors (Lipinski definition) is 6. The Morgan fingerprint density at radius 2 is 1.55 bits per heavy atom. The number of alkyl carbamates (subject to hydrolysis) is 1. The van der Waals surface area contributed by atoms with Crippen molar-refractivity contribution >= 4 is 46.5 Å². The maximum absolute atomic E-state index is 12.9. The number of fused-ring (bicyclic) bond motifs is 1. The van der Waals surface area contributed by atoms with E-state index in [1.54, 1.807) is 45.0 Å². The van der Waals surface area contributed by atoms with Crippen LogP contribution in [-0.4, -0.2) is 40.6 Å². The fraction of sp³-hybridized carbons (Fsp3) is 0.273. The van der Waals surface area contributed by atoms with E-state index < -0.39 is 35.5 Å². The van der Waals surface area contributed by atoms with Crippen molar-refractivity contribution in [1.29, 1.82) is 0 Å². The molecule has 0 radical (unpaired) electrons. The Kier molecular flexibility index (Phi) is 6.63. The Bertz CT molecular complexity index is 994. The van der Waals surface area contributed by atoms with Crippen molar-refractivity contribution in [3.8, 4) is 0 Å². The lowest BCUT2D eigenvalue weighted by Gasteiger charge is -2.23. The van der Waals surface area contributed by atoms with Crippen LogP contribution in [0.1, 0.15) is 47.1 Å². The van der Waals surface area contributed by atoms with Gasteiger partial charge in [0.1, 0.15) is 11.6 Å². The predicted octanol–water partition coefficient (Wildman–Crippen LogP) is 3.48. The summed E-state index contributed by atoms with van der Waals surface area (Å²) >= 11 is 2.15. The average molecular weight is 536 g/mol. The maximum atomic E-state index is 12.9. The van der Waals surface area contributed by atoms with E-state index in [2.05, 4.69) is 27.9 Å². The summed E-state index contributed by atoms with van der Waals surface area (Å²) in [5.41, 5.74) is 0.272. The smallest absolute Gasteiger partial charge is 0.408 e. The zero-order valence-corrected chi connectivity index (χ0v) is 19.3. The first kappa shape index (κ1) is 22.7. The first-order valence-electron chi connectivity index (χ1n) is 9.49. The first-order chi connectivity index (χ1) is 14.5. The zero-order chi connectivity index (χ0) is 22.8. The molecule has 2 aromatic carbocycles. The van der Waals surface area contributed by atoms with Crippen LogP contribution in [-0.2, 0) is 20.8 Å². The molecule has 0 aliphatic carbocycles. The molecule has 0 fully saturated rings. The van der Waals surface area contributed by atoms with E-state index in [0.717, 1.165) is 9.13 Å². The quantitative estimate of drug-likeness (QED) is 0.464.